The SMILES string of the molecule is [CH2]CCCCCC(=O)C(F)(F)F. The van der Waals surface area contributed by atoms with Gasteiger partial charge in [-0.25, -0.2) is 0 Å². The van der Waals surface area contributed by atoms with Gasteiger partial charge in [-0.1, -0.05) is 26.2 Å². The van der Waals surface area contributed by atoms with Gasteiger partial charge in [-0.05, 0) is 6.42 Å². The second-order valence-electron chi connectivity index (χ2n) is 2.59. The van der Waals surface area contributed by atoms with Gasteiger partial charge in [-0.15, -0.1) is 0 Å². The minimum atomic E-state index is -4.65. The number of carbonyl (C=O) groups is 1. The van der Waals surface area contributed by atoms with Crippen LogP contribution in [0.5, 0.6) is 0 Å². The van der Waals surface area contributed by atoms with Crippen LogP contribution >= 0.6 is 0 Å². The standard InChI is InChI=1S/C8H12F3O/c1-2-3-4-5-6-7(12)8(9,10)11/h1-6H2. The van der Waals surface area contributed by atoms with Crippen LogP contribution < -0.4 is 0 Å². The molecule has 0 aliphatic carbocycles. The fourth-order valence-electron chi connectivity index (χ4n) is 0.781. The van der Waals surface area contributed by atoms with E-state index in [1.165, 1.54) is 0 Å². The van der Waals surface area contributed by atoms with Crippen LogP contribution in [0.3, 0.4) is 0 Å². The van der Waals surface area contributed by atoms with E-state index in [1.807, 2.05) is 0 Å². The van der Waals surface area contributed by atoms with Crippen molar-refractivity contribution < 1.29 is 18.0 Å². The molecule has 0 aliphatic rings. The second kappa shape index (κ2) is 5.17. The number of alkyl halides is 3. The summed E-state index contributed by atoms with van der Waals surface area (Å²) in [4.78, 5) is 10.3. The van der Waals surface area contributed by atoms with E-state index in [0.29, 0.717) is 19.3 Å². The Morgan fingerprint density at radius 3 is 2.17 bits per heavy atom. The quantitative estimate of drug-likeness (QED) is 0.596. The molecule has 0 bridgehead atoms. The topological polar surface area (TPSA) is 17.1 Å². The van der Waals surface area contributed by atoms with Crippen LogP contribution in [0.1, 0.15) is 32.1 Å². The van der Waals surface area contributed by atoms with Crippen molar-refractivity contribution in [1.82, 2.24) is 0 Å². The van der Waals surface area contributed by atoms with Crippen LogP contribution in [0, 0.1) is 6.92 Å². The maximum absolute atomic E-state index is 11.6. The Balaban J connectivity index is 3.45. The molecule has 0 fully saturated rings. The lowest BCUT2D eigenvalue weighted by Gasteiger charge is -2.03. The molecule has 4 heteroatoms. The third-order valence-electron chi connectivity index (χ3n) is 1.47. The Kier molecular flexibility index (Phi) is 4.93. The van der Waals surface area contributed by atoms with Crippen LogP contribution in [0.25, 0.3) is 0 Å². The smallest absolute Gasteiger partial charge is 0.290 e. The molecule has 0 saturated heterocycles. The molecule has 0 spiro atoms. The van der Waals surface area contributed by atoms with Crippen molar-refractivity contribution in [3.63, 3.8) is 0 Å². The summed E-state index contributed by atoms with van der Waals surface area (Å²) < 4.78 is 34.8. The van der Waals surface area contributed by atoms with Gasteiger partial charge < -0.3 is 0 Å². The van der Waals surface area contributed by atoms with Crippen molar-refractivity contribution in [2.45, 2.75) is 38.3 Å². The summed E-state index contributed by atoms with van der Waals surface area (Å²) in [7, 11) is 0. The monoisotopic (exact) mass is 181 g/mol. The van der Waals surface area contributed by atoms with Crippen molar-refractivity contribution >= 4 is 5.78 Å². The number of hydrogen-bond acceptors (Lipinski definition) is 1. The molecule has 0 aromatic rings. The summed E-state index contributed by atoms with van der Waals surface area (Å²) in [6.07, 6.45) is -2.58. The first-order valence-corrected chi connectivity index (χ1v) is 3.87. The predicted octanol–water partition coefficient (Wildman–Crippen LogP) is 2.90. The molecule has 0 rings (SSSR count). The molecule has 1 radical (unpaired) electrons. The van der Waals surface area contributed by atoms with Crippen LogP contribution in [-0.4, -0.2) is 12.0 Å². The molecule has 0 amide bonds. The third kappa shape index (κ3) is 5.16. The van der Waals surface area contributed by atoms with Crippen molar-refractivity contribution in [1.29, 1.82) is 0 Å². The molecule has 12 heavy (non-hydrogen) atoms. The minimum absolute atomic E-state index is 0.313. The number of ketones is 1. The summed E-state index contributed by atoms with van der Waals surface area (Å²) >= 11 is 0. The third-order valence-corrected chi connectivity index (χ3v) is 1.47. The first kappa shape index (κ1) is 11.5. The Bertz CT molecular complexity index is 140. The second-order valence-corrected chi connectivity index (χ2v) is 2.59. The summed E-state index contributed by atoms with van der Waals surface area (Å²) in [5, 5.41) is 0. The van der Waals surface area contributed by atoms with Gasteiger partial charge >= 0.3 is 6.18 Å². The zero-order valence-corrected chi connectivity index (χ0v) is 6.78. The van der Waals surface area contributed by atoms with Crippen LogP contribution in [-0.2, 0) is 4.79 Å². The van der Waals surface area contributed by atoms with Crippen LogP contribution in [0.15, 0.2) is 0 Å². The van der Waals surface area contributed by atoms with Crippen LogP contribution in [0.2, 0.25) is 0 Å². The highest BCUT2D eigenvalue weighted by atomic mass is 19.4. The average Bonchev–Trinajstić information content (AvgIpc) is 1.96. The Hall–Kier alpha value is -0.540. The van der Waals surface area contributed by atoms with Gasteiger partial charge in [0.2, 0.25) is 5.78 Å². The molecule has 0 aromatic carbocycles. The largest absolute Gasteiger partial charge is 0.449 e. The first-order chi connectivity index (χ1) is 5.48. The van der Waals surface area contributed by atoms with E-state index in [4.69, 9.17) is 0 Å². The fourth-order valence-corrected chi connectivity index (χ4v) is 0.781. The molecule has 0 N–H and O–H groups in total. The zero-order chi connectivity index (χ0) is 9.61. The van der Waals surface area contributed by atoms with E-state index >= 15 is 0 Å². The van der Waals surface area contributed by atoms with E-state index in [9.17, 15) is 18.0 Å². The van der Waals surface area contributed by atoms with Gasteiger partial charge in [-0.2, -0.15) is 13.2 Å². The van der Waals surface area contributed by atoms with Gasteiger partial charge in [0.25, 0.3) is 0 Å². The molecule has 0 heterocycles. The first-order valence-electron chi connectivity index (χ1n) is 3.87. The van der Waals surface area contributed by atoms with Crippen LogP contribution in [0.4, 0.5) is 13.2 Å². The van der Waals surface area contributed by atoms with E-state index in [2.05, 4.69) is 6.92 Å². The number of hydrogen-bond donors (Lipinski definition) is 0. The lowest BCUT2D eigenvalue weighted by atomic mass is 10.1. The maximum atomic E-state index is 11.6. The maximum Gasteiger partial charge on any atom is 0.449 e. The highest BCUT2D eigenvalue weighted by molar-refractivity contribution is 5.83. The Morgan fingerprint density at radius 2 is 1.75 bits per heavy atom. The van der Waals surface area contributed by atoms with Gasteiger partial charge in [0.1, 0.15) is 0 Å². The summed E-state index contributed by atoms with van der Waals surface area (Å²) in [5.41, 5.74) is 0. The number of halogens is 3. The molecule has 0 saturated carbocycles. The summed E-state index contributed by atoms with van der Waals surface area (Å²) in [6, 6.07) is 0. The Labute approximate surface area is 70.0 Å². The predicted molar refractivity (Wildman–Crippen MR) is 39.5 cm³/mol. The van der Waals surface area contributed by atoms with Crippen molar-refractivity contribution in [3.8, 4) is 0 Å². The minimum Gasteiger partial charge on any atom is -0.290 e. The van der Waals surface area contributed by atoms with Gasteiger partial charge in [0.05, 0.1) is 0 Å². The lowest BCUT2D eigenvalue weighted by Crippen LogP contribution is -2.22. The number of unbranched alkanes of at least 4 members (excludes halogenated alkanes) is 3. The highest BCUT2D eigenvalue weighted by Gasteiger charge is 2.36. The van der Waals surface area contributed by atoms with Gasteiger partial charge in [0.15, 0.2) is 0 Å². The van der Waals surface area contributed by atoms with E-state index in [-0.39, 0.29) is 6.42 Å². The van der Waals surface area contributed by atoms with Crippen molar-refractivity contribution in [2.75, 3.05) is 0 Å². The number of carbonyl (C=O) groups excluding carboxylic acids is 1. The zero-order valence-electron chi connectivity index (χ0n) is 6.78. The molecule has 0 aliphatic heterocycles. The molecule has 0 atom stereocenters. The molecular weight excluding hydrogens is 169 g/mol. The Morgan fingerprint density at radius 1 is 1.17 bits per heavy atom. The lowest BCUT2D eigenvalue weighted by molar-refractivity contribution is -0.171. The van der Waals surface area contributed by atoms with Crippen molar-refractivity contribution in [2.24, 2.45) is 0 Å². The molecule has 71 valence electrons. The average molecular weight is 181 g/mol. The van der Waals surface area contributed by atoms with E-state index in [1.54, 1.807) is 0 Å². The van der Waals surface area contributed by atoms with E-state index in [0.717, 1.165) is 6.42 Å². The van der Waals surface area contributed by atoms with Crippen molar-refractivity contribution in [3.05, 3.63) is 6.92 Å². The molecular formula is C8H12F3O. The number of Topliss-reactive ketones (excluding diaryl/α,β-unsaturated/α-hetero) is 1. The molecule has 0 aromatic heterocycles. The highest BCUT2D eigenvalue weighted by Crippen LogP contribution is 2.19. The van der Waals surface area contributed by atoms with Gasteiger partial charge in [0, 0.05) is 6.42 Å². The van der Waals surface area contributed by atoms with Gasteiger partial charge in [-0.3, -0.25) is 4.79 Å². The number of rotatable bonds is 5. The van der Waals surface area contributed by atoms with E-state index < -0.39 is 12.0 Å². The fraction of sp³-hybridized carbons (Fsp3) is 0.750. The molecule has 0 unspecified atom stereocenters. The normalized spacial score (nSPS) is 11.7. The molecule has 1 nitrogen and oxygen atoms in total. The summed E-state index contributed by atoms with van der Waals surface area (Å²) in [5.74, 6) is -1.62. The summed E-state index contributed by atoms with van der Waals surface area (Å²) in [6.45, 7) is 3.54.